The molecule has 0 aromatic carbocycles. The van der Waals surface area contributed by atoms with Crippen LogP contribution in [0.4, 0.5) is 0 Å². The highest BCUT2D eigenvalue weighted by Crippen LogP contribution is 2.31. The molecule has 1 atom stereocenters. The van der Waals surface area contributed by atoms with E-state index in [1.807, 2.05) is 0 Å². The fourth-order valence-corrected chi connectivity index (χ4v) is 4.08. The highest BCUT2D eigenvalue weighted by Gasteiger charge is 2.21. The van der Waals surface area contributed by atoms with Crippen molar-refractivity contribution in [2.24, 2.45) is 11.8 Å². The van der Waals surface area contributed by atoms with Gasteiger partial charge in [0, 0.05) is 5.92 Å². The van der Waals surface area contributed by atoms with E-state index in [4.69, 9.17) is 0 Å². The Bertz CT molecular complexity index is 472. The molecule has 0 aromatic heterocycles. The Kier molecular flexibility index (Phi) is 8.59. The molecule has 1 nitrogen and oxygen atoms in total. The summed E-state index contributed by atoms with van der Waals surface area (Å²) in [6.07, 6.45) is 22.9. The average molecular weight is 328 g/mol. The largest absolute Gasteiger partial charge is 0.303 e. The number of nitrogens with zero attached hydrogens (tertiary/aromatic N) is 1. The van der Waals surface area contributed by atoms with Crippen molar-refractivity contribution in [1.82, 2.24) is 4.90 Å². The Morgan fingerprint density at radius 2 is 2.08 bits per heavy atom. The highest BCUT2D eigenvalue weighted by molar-refractivity contribution is 5.33. The van der Waals surface area contributed by atoms with E-state index in [0.717, 1.165) is 12.3 Å². The Morgan fingerprint density at radius 3 is 2.67 bits per heavy atom. The van der Waals surface area contributed by atoms with Gasteiger partial charge in [0.25, 0.3) is 0 Å². The van der Waals surface area contributed by atoms with E-state index in [2.05, 4.69) is 62.1 Å². The van der Waals surface area contributed by atoms with Crippen LogP contribution in [-0.2, 0) is 0 Å². The summed E-state index contributed by atoms with van der Waals surface area (Å²) in [6.45, 7) is 10.6. The second-order valence-electron chi connectivity index (χ2n) is 7.34. The van der Waals surface area contributed by atoms with Gasteiger partial charge in [-0.3, -0.25) is 0 Å². The molecule has 134 valence electrons. The molecule has 0 saturated carbocycles. The van der Waals surface area contributed by atoms with E-state index in [1.165, 1.54) is 63.7 Å². The number of piperidine rings is 1. The molecule has 1 aliphatic carbocycles. The fraction of sp³-hybridized carbons (Fsp3) is 0.652. The van der Waals surface area contributed by atoms with E-state index in [-0.39, 0.29) is 0 Å². The molecule has 1 fully saturated rings. The van der Waals surface area contributed by atoms with Crippen LogP contribution in [0, 0.1) is 11.8 Å². The molecule has 0 N–H and O–H groups in total. The van der Waals surface area contributed by atoms with Gasteiger partial charge in [-0.1, -0.05) is 62.3 Å². The molecular weight excluding hydrogens is 290 g/mol. The predicted molar refractivity (Wildman–Crippen MR) is 107 cm³/mol. The molecule has 0 spiro atoms. The van der Waals surface area contributed by atoms with Gasteiger partial charge in [0.15, 0.2) is 0 Å². The van der Waals surface area contributed by atoms with Crippen LogP contribution in [0.5, 0.6) is 0 Å². The van der Waals surface area contributed by atoms with Gasteiger partial charge >= 0.3 is 0 Å². The molecule has 0 amide bonds. The zero-order valence-electron chi connectivity index (χ0n) is 16.1. The molecule has 1 saturated heterocycles. The zero-order valence-corrected chi connectivity index (χ0v) is 16.1. The molecule has 1 heterocycles. The molecule has 0 bridgehead atoms. The highest BCUT2D eigenvalue weighted by atomic mass is 15.1. The number of rotatable bonds is 8. The topological polar surface area (TPSA) is 3.24 Å². The first kappa shape index (κ1) is 19.2. The van der Waals surface area contributed by atoms with Crippen LogP contribution in [0.15, 0.2) is 47.6 Å². The molecule has 1 unspecified atom stereocenters. The van der Waals surface area contributed by atoms with Crippen molar-refractivity contribution in [1.29, 1.82) is 0 Å². The Morgan fingerprint density at radius 1 is 1.29 bits per heavy atom. The van der Waals surface area contributed by atoms with Crippen molar-refractivity contribution < 1.29 is 0 Å². The van der Waals surface area contributed by atoms with Gasteiger partial charge in [0.2, 0.25) is 0 Å². The van der Waals surface area contributed by atoms with E-state index in [9.17, 15) is 0 Å². The summed E-state index contributed by atoms with van der Waals surface area (Å²) >= 11 is 0. The second kappa shape index (κ2) is 10.7. The predicted octanol–water partition coefficient (Wildman–Crippen LogP) is 6.30. The van der Waals surface area contributed by atoms with Crippen LogP contribution in [-0.4, -0.2) is 24.5 Å². The lowest BCUT2D eigenvalue weighted by Crippen LogP contribution is -2.35. The normalized spacial score (nSPS) is 22.1. The third-order valence-electron chi connectivity index (χ3n) is 5.79. The third kappa shape index (κ3) is 5.77. The van der Waals surface area contributed by atoms with Crippen molar-refractivity contribution in [3.8, 4) is 0 Å². The summed E-state index contributed by atoms with van der Waals surface area (Å²) in [5.41, 5.74) is 3.15. The van der Waals surface area contributed by atoms with Crippen LogP contribution in [0.25, 0.3) is 0 Å². The number of hydrogen-bond donors (Lipinski definition) is 0. The van der Waals surface area contributed by atoms with Crippen molar-refractivity contribution in [3.63, 3.8) is 0 Å². The van der Waals surface area contributed by atoms with E-state index in [0.29, 0.717) is 5.92 Å². The zero-order chi connectivity index (χ0) is 17.2. The number of likely N-dealkylation sites (tertiary alicyclic amines) is 1. The van der Waals surface area contributed by atoms with Gasteiger partial charge in [-0.05, 0) is 76.6 Å². The van der Waals surface area contributed by atoms with Gasteiger partial charge in [-0.25, -0.2) is 0 Å². The van der Waals surface area contributed by atoms with Crippen molar-refractivity contribution >= 4 is 0 Å². The first-order chi connectivity index (χ1) is 11.8. The minimum atomic E-state index is 0.603. The SMILES string of the molecule is C/C=C(\C=C/CC)C(CCN1CCC(CC)CC1)C1=CC=CCC1. The Balaban J connectivity index is 1.99. The summed E-state index contributed by atoms with van der Waals surface area (Å²) in [5.74, 6) is 1.58. The monoisotopic (exact) mass is 327 g/mol. The van der Waals surface area contributed by atoms with Gasteiger partial charge in [-0.15, -0.1) is 0 Å². The van der Waals surface area contributed by atoms with E-state index in [1.54, 1.807) is 5.57 Å². The van der Waals surface area contributed by atoms with E-state index >= 15 is 0 Å². The molecule has 1 aliphatic heterocycles. The molecule has 2 rings (SSSR count). The van der Waals surface area contributed by atoms with Crippen LogP contribution in [0.1, 0.15) is 65.7 Å². The molecule has 24 heavy (non-hydrogen) atoms. The summed E-state index contributed by atoms with van der Waals surface area (Å²) in [6, 6.07) is 0. The summed E-state index contributed by atoms with van der Waals surface area (Å²) in [7, 11) is 0. The minimum Gasteiger partial charge on any atom is -0.303 e. The average Bonchev–Trinajstić information content (AvgIpc) is 2.65. The lowest BCUT2D eigenvalue weighted by molar-refractivity contribution is 0.176. The van der Waals surface area contributed by atoms with Crippen LogP contribution in [0.3, 0.4) is 0 Å². The molecule has 0 aromatic rings. The minimum absolute atomic E-state index is 0.603. The molecule has 2 aliphatic rings. The second-order valence-corrected chi connectivity index (χ2v) is 7.34. The van der Waals surface area contributed by atoms with Crippen molar-refractivity contribution in [2.75, 3.05) is 19.6 Å². The first-order valence-electron chi connectivity index (χ1n) is 10.2. The maximum Gasteiger partial charge on any atom is 0.00601 e. The fourth-order valence-electron chi connectivity index (χ4n) is 4.08. The molecule has 0 radical (unpaired) electrons. The maximum absolute atomic E-state index is 2.70. The van der Waals surface area contributed by atoms with Gasteiger partial charge in [0.1, 0.15) is 0 Å². The van der Waals surface area contributed by atoms with Gasteiger partial charge in [-0.2, -0.15) is 0 Å². The van der Waals surface area contributed by atoms with Gasteiger partial charge < -0.3 is 4.90 Å². The summed E-state index contributed by atoms with van der Waals surface area (Å²) in [5, 5.41) is 0. The third-order valence-corrected chi connectivity index (χ3v) is 5.79. The number of hydrogen-bond acceptors (Lipinski definition) is 1. The first-order valence-corrected chi connectivity index (χ1v) is 10.2. The lowest BCUT2D eigenvalue weighted by atomic mass is 9.83. The lowest BCUT2D eigenvalue weighted by Gasteiger charge is -2.33. The van der Waals surface area contributed by atoms with Crippen LogP contribution < -0.4 is 0 Å². The Labute approximate surface area is 150 Å². The van der Waals surface area contributed by atoms with Gasteiger partial charge in [0.05, 0.1) is 0 Å². The summed E-state index contributed by atoms with van der Waals surface area (Å²) in [4.78, 5) is 2.70. The number of allylic oxidation sites excluding steroid dienone is 8. The summed E-state index contributed by atoms with van der Waals surface area (Å²) < 4.78 is 0. The quantitative estimate of drug-likeness (QED) is 0.473. The maximum atomic E-state index is 2.70. The Hall–Kier alpha value is -1.08. The standard InChI is InChI=1S/C23H37N/c1-4-7-11-21(6-3)23(22-12-9-8-10-13-22)16-19-24-17-14-20(5-2)15-18-24/h6-9,11-12,20,23H,4-5,10,13-19H2,1-3H3/b11-7-,21-6+. The smallest absolute Gasteiger partial charge is 0.00601 e. The van der Waals surface area contributed by atoms with Crippen molar-refractivity contribution in [3.05, 3.63) is 47.6 Å². The van der Waals surface area contributed by atoms with E-state index < -0.39 is 0 Å². The van der Waals surface area contributed by atoms with Crippen LogP contribution >= 0.6 is 0 Å². The van der Waals surface area contributed by atoms with Crippen molar-refractivity contribution in [2.45, 2.75) is 65.7 Å². The molecular formula is C23H37N. The molecule has 1 heteroatoms. The van der Waals surface area contributed by atoms with Crippen LogP contribution in [0.2, 0.25) is 0 Å².